The van der Waals surface area contributed by atoms with Gasteiger partial charge in [0.05, 0.1) is 100 Å². The fourth-order valence-corrected chi connectivity index (χ4v) is 18.5. The number of hydrogen-bond donors (Lipinski definition) is 0. The van der Waals surface area contributed by atoms with Crippen LogP contribution in [0.25, 0.3) is 0 Å². The molecule has 1 radical (unpaired) electrons. The van der Waals surface area contributed by atoms with Gasteiger partial charge in [-0.05, 0) is 235 Å². The summed E-state index contributed by atoms with van der Waals surface area (Å²) in [5.74, 6) is 0. The first-order valence-electron chi connectivity index (χ1n) is 32.3. The molecule has 0 heterocycles. The number of hydrogen-bond acceptors (Lipinski definition) is 0. The van der Waals surface area contributed by atoms with Crippen molar-refractivity contribution >= 4 is 71.5 Å². The van der Waals surface area contributed by atoms with Gasteiger partial charge in [0.1, 0.15) is 0 Å². The summed E-state index contributed by atoms with van der Waals surface area (Å²) in [5.41, 5.74) is -39.3. The number of benzene rings is 9. The maximum Gasteiger partial charge on any atom is 0.416 e. The molecule has 9 rings (SSSR count). The molecule has 0 nitrogen and oxygen atoms in total. The summed E-state index contributed by atoms with van der Waals surface area (Å²) in [5, 5.41) is -13.0. The van der Waals surface area contributed by atoms with E-state index in [4.69, 9.17) is 0 Å². The van der Waals surface area contributed by atoms with Crippen LogP contribution in [0.3, 0.4) is 0 Å². The zero-order valence-electron chi connectivity index (χ0n) is 60.3. The molecule has 0 fully saturated rings. The van der Waals surface area contributed by atoms with Crippen LogP contribution in [0.1, 0.15) is 100 Å². The van der Waals surface area contributed by atoms with Gasteiger partial charge in [0.15, 0.2) is 0 Å². The molecule has 0 spiro atoms. The zero-order valence-corrected chi connectivity index (χ0v) is 64.4. The topological polar surface area (TPSA) is 0 Å². The Morgan fingerprint density at radius 2 is 0.138 bits per heavy atom. The molecule has 0 saturated heterocycles. The van der Waals surface area contributed by atoms with Crippen molar-refractivity contribution in [2.24, 2.45) is 0 Å². The van der Waals surface area contributed by atoms with Gasteiger partial charge in [-0.1, -0.05) is 0 Å². The molecule has 713 valence electrons. The van der Waals surface area contributed by atoms with Gasteiger partial charge in [-0.2, -0.15) is 237 Å². The van der Waals surface area contributed by atoms with Crippen LogP contribution in [0.5, 0.6) is 0 Å². The Morgan fingerprint density at radius 1 is 0.0923 bits per heavy atom. The van der Waals surface area contributed by atoms with Gasteiger partial charge in [-0.15, -0.1) is 0 Å². The monoisotopic (exact) mass is 2060 g/mol. The van der Waals surface area contributed by atoms with E-state index < -0.39 is 337 Å². The standard InChI is InChI=1S/3C24H9F18P.V/c3*25-19(26,27)10-1-11(20(28,29)30)5-16(4-10)43(17-6-12(21(31,32)33)2-13(7-17)22(34,35)36)18-8-14(23(37,38)39)3-15(9-18)24(40,41)42;/h3*1-9H;. The number of halogens is 54. The van der Waals surface area contributed by atoms with Crippen LogP contribution in [0, 0.1) is 0 Å². The average Bonchev–Trinajstić information content (AvgIpc) is 0.759. The van der Waals surface area contributed by atoms with E-state index in [1.807, 2.05) is 0 Å². The fourth-order valence-electron chi connectivity index (χ4n) is 11.0. The minimum atomic E-state index is -5.66. The summed E-state index contributed by atoms with van der Waals surface area (Å²) >= 11 is 0. The number of rotatable bonds is 9. The van der Waals surface area contributed by atoms with Gasteiger partial charge >= 0.3 is 111 Å². The van der Waals surface area contributed by atoms with Crippen molar-refractivity contribution in [1.29, 1.82) is 0 Å². The summed E-state index contributed by atoms with van der Waals surface area (Å²) in [6, 6.07) is -8.24. The molecule has 0 bridgehead atoms. The zero-order chi connectivity index (χ0) is 99.4. The maximum absolute atomic E-state index is 13.5. The smallest absolute Gasteiger partial charge is 0.166 e. The van der Waals surface area contributed by atoms with Crippen molar-refractivity contribution < 1.29 is 256 Å². The Hall–Kier alpha value is -8.93. The van der Waals surface area contributed by atoms with Crippen LogP contribution >= 0.6 is 23.8 Å². The summed E-state index contributed by atoms with van der Waals surface area (Å²) in [4.78, 5) is 0. The summed E-state index contributed by atoms with van der Waals surface area (Å²) in [6.45, 7) is 0. The minimum Gasteiger partial charge on any atom is -0.166 e. The third-order valence-electron chi connectivity index (χ3n) is 16.5. The van der Waals surface area contributed by atoms with E-state index in [9.17, 15) is 237 Å². The first-order valence-corrected chi connectivity index (χ1v) is 36.3. The normalized spacial score (nSPS) is 13.9. The Labute approximate surface area is 700 Å². The van der Waals surface area contributed by atoms with Crippen molar-refractivity contribution in [3.05, 3.63) is 264 Å². The molecule has 0 aliphatic rings. The largest absolute Gasteiger partial charge is 0.416 e. The van der Waals surface area contributed by atoms with Crippen LogP contribution in [-0.4, -0.2) is 0 Å². The quantitative estimate of drug-likeness (QED) is 0.0998. The van der Waals surface area contributed by atoms with Crippen molar-refractivity contribution in [3.8, 4) is 0 Å². The Balaban J connectivity index is 0.000000299. The molecule has 9 aromatic rings. The van der Waals surface area contributed by atoms with E-state index in [2.05, 4.69) is 0 Å². The first-order chi connectivity index (χ1) is 57.2. The molecule has 0 aliphatic carbocycles. The molecular formula is C72H27F54P3V. The molecule has 0 saturated carbocycles. The fraction of sp³-hybridized carbons (Fsp3) is 0.250. The Morgan fingerprint density at radius 3 is 0.177 bits per heavy atom. The van der Waals surface area contributed by atoms with Gasteiger partial charge in [0.2, 0.25) is 0 Å². The van der Waals surface area contributed by atoms with Gasteiger partial charge < -0.3 is 0 Å². The maximum atomic E-state index is 13.5. The van der Waals surface area contributed by atoms with Gasteiger partial charge in [0.25, 0.3) is 0 Å². The van der Waals surface area contributed by atoms with E-state index in [0.29, 0.717) is 0 Å². The molecule has 130 heavy (non-hydrogen) atoms. The van der Waals surface area contributed by atoms with Crippen LogP contribution in [0.2, 0.25) is 0 Å². The first kappa shape index (κ1) is 110. The molecule has 0 N–H and O–H groups in total. The van der Waals surface area contributed by atoms with E-state index >= 15 is 0 Å². The van der Waals surface area contributed by atoms with Crippen LogP contribution in [0.15, 0.2) is 164 Å². The molecule has 0 atom stereocenters. The molecular weight excluding hydrogens is 2030 g/mol. The summed E-state index contributed by atoms with van der Waals surface area (Å²) in [7, 11) is -11.5. The Bertz CT molecular complexity index is 4170. The van der Waals surface area contributed by atoms with E-state index in [1.165, 1.54) is 0 Å². The van der Waals surface area contributed by atoms with Crippen LogP contribution < -0.4 is 47.7 Å². The van der Waals surface area contributed by atoms with E-state index in [0.717, 1.165) is 0 Å². The van der Waals surface area contributed by atoms with Crippen LogP contribution in [0.4, 0.5) is 237 Å². The molecule has 0 unspecified atom stereocenters. The van der Waals surface area contributed by atoms with Crippen molar-refractivity contribution in [2.45, 2.75) is 111 Å². The van der Waals surface area contributed by atoms with Gasteiger partial charge in [0, 0.05) is 18.6 Å². The van der Waals surface area contributed by atoms with Crippen molar-refractivity contribution in [2.75, 3.05) is 0 Å². The molecule has 0 aromatic heterocycles. The van der Waals surface area contributed by atoms with Crippen molar-refractivity contribution in [3.63, 3.8) is 0 Å². The van der Waals surface area contributed by atoms with Crippen molar-refractivity contribution in [1.82, 2.24) is 0 Å². The third-order valence-corrected chi connectivity index (χ3v) is 23.4. The van der Waals surface area contributed by atoms with E-state index in [1.54, 1.807) is 0 Å². The van der Waals surface area contributed by atoms with E-state index in [-0.39, 0.29) is 128 Å². The predicted octanol–water partition coefficient (Wildman–Crippen LogP) is 28.7. The van der Waals surface area contributed by atoms with Crippen LogP contribution in [-0.2, 0) is 130 Å². The van der Waals surface area contributed by atoms with Gasteiger partial charge in [-0.25, -0.2) is 0 Å². The van der Waals surface area contributed by atoms with Gasteiger partial charge in [-0.3, -0.25) is 0 Å². The second-order valence-electron chi connectivity index (χ2n) is 25.9. The second kappa shape index (κ2) is 36.5. The minimum absolute atomic E-state index is 0. The molecule has 9 aromatic carbocycles. The number of alkyl halides is 54. The SMILES string of the molecule is FC(F)(F)c1cc(P(c2cc(C(F)(F)F)cc(C(F)(F)F)c2)c2cc(C(F)(F)F)cc(C(F)(F)F)c2)cc(C(F)(F)F)c1.FC(F)(F)c1cc(P(c2cc(C(F)(F)F)cc(C(F)(F)F)c2)c2cc(C(F)(F)F)cc(C(F)(F)F)c2)cc(C(F)(F)F)c1.FC(F)(F)c1cc(P(c2cc(C(F)(F)F)cc(C(F)(F)F)c2)c2cc(C(F)(F)F)cc(C(F)(F)F)c2)cc(C(F)(F)F)c1.[V]. The second-order valence-corrected chi connectivity index (χ2v) is 32.5. The summed E-state index contributed by atoms with van der Waals surface area (Å²) < 4.78 is 731. The third kappa shape index (κ3) is 28.1. The average molecular weight is 2060 g/mol. The molecule has 0 amide bonds. The molecule has 0 aliphatic heterocycles. The summed E-state index contributed by atoms with van der Waals surface area (Å²) in [6.07, 6.45) is -102. The Kier molecular flexibility index (Phi) is 30.8. The predicted molar refractivity (Wildman–Crippen MR) is 345 cm³/mol. The molecule has 58 heteroatoms.